The Morgan fingerprint density at radius 2 is 1.92 bits per heavy atom. The van der Waals surface area contributed by atoms with Crippen LogP contribution in [-0.2, 0) is 20.7 Å². The summed E-state index contributed by atoms with van der Waals surface area (Å²) in [5.41, 5.74) is 2.30. The summed E-state index contributed by atoms with van der Waals surface area (Å²) in [6.45, 7) is 1.69. The van der Waals surface area contributed by atoms with Crippen molar-refractivity contribution < 1.29 is 19.1 Å². The van der Waals surface area contributed by atoms with Crippen LogP contribution in [0, 0.1) is 12.8 Å². The number of anilines is 1. The van der Waals surface area contributed by atoms with Crippen LogP contribution in [0.25, 0.3) is 0 Å². The zero-order valence-electron chi connectivity index (χ0n) is 14.1. The first-order chi connectivity index (χ1) is 12.4. The lowest BCUT2D eigenvalue weighted by molar-refractivity contribution is -0.152. The lowest BCUT2D eigenvalue weighted by Crippen LogP contribution is -2.32. The summed E-state index contributed by atoms with van der Waals surface area (Å²) in [7, 11) is 0. The smallest absolute Gasteiger partial charge is 0.313 e. The Bertz CT molecular complexity index is 853. The van der Waals surface area contributed by atoms with Gasteiger partial charge in [0.1, 0.15) is 12.4 Å². The van der Waals surface area contributed by atoms with E-state index in [2.05, 4.69) is 5.32 Å². The van der Waals surface area contributed by atoms with E-state index in [1.165, 1.54) is 0 Å². The average molecular weight is 394 g/mol. The minimum atomic E-state index is -0.478. The third kappa shape index (κ3) is 4.48. The van der Waals surface area contributed by atoms with E-state index in [0.717, 1.165) is 11.1 Å². The molecular weight excluding hydrogens is 377 g/mol. The highest BCUT2D eigenvalue weighted by molar-refractivity contribution is 6.31. The van der Waals surface area contributed by atoms with Gasteiger partial charge in [0, 0.05) is 15.7 Å². The summed E-state index contributed by atoms with van der Waals surface area (Å²) in [6, 6.07) is 10.5. The Morgan fingerprint density at radius 3 is 2.73 bits per heavy atom. The molecule has 1 N–H and O–H groups in total. The molecule has 0 aliphatic carbocycles. The fourth-order valence-electron chi connectivity index (χ4n) is 2.68. The molecule has 0 fully saturated rings. The number of halogens is 2. The van der Waals surface area contributed by atoms with E-state index in [1.54, 1.807) is 36.4 Å². The van der Waals surface area contributed by atoms with Crippen LogP contribution in [0.2, 0.25) is 10.0 Å². The van der Waals surface area contributed by atoms with Gasteiger partial charge in [-0.05, 0) is 54.8 Å². The average Bonchev–Trinajstić information content (AvgIpc) is 2.62. The molecule has 0 bridgehead atoms. The van der Waals surface area contributed by atoms with Gasteiger partial charge < -0.3 is 14.8 Å². The van der Waals surface area contributed by atoms with Crippen molar-refractivity contribution in [2.75, 3.05) is 18.5 Å². The number of benzene rings is 2. The molecule has 26 heavy (non-hydrogen) atoms. The molecule has 0 aromatic heterocycles. The van der Waals surface area contributed by atoms with Crippen LogP contribution in [0.3, 0.4) is 0 Å². The van der Waals surface area contributed by atoms with Crippen molar-refractivity contribution in [2.45, 2.75) is 13.3 Å². The van der Waals surface area contributed by atoms with Crippen molar-refractivity contribution in [2.24, 2.45) is 5.92 Å². The number of amides is 1. The van der Waals surface area contributed by atoms with Crippen molar-refractivity contribution in [3.8, 4) is 5.75 Å². The molecule has 2 aromatic rings. The monoisotopic (exact) mass is 393 g/mol. The molecule has 1 atom stereocenters. The third-order valence-electron chi connectivity index (χ3n) is 4.08. The Balaban J connectivity index is 1.54. The molecule has 1 aliphatic rings. The van der Waals surface area contributed by atoms with Crippen LogP contribution in [0.15, 0.2) is 36.4 Å². The number of hydrogen-bond acceptors (Lipinski definition) is 4. The molecule has 1 aliphatic heterocycles. The maximum atomic E-state index is 12.2. The fourth-order valence-corrected chi connectivity index (χ4v) is 3.05. The second-order valence-corrected chi connectivity index (χ2v) is 6.95. The molecule has 7 heteroatoms. The molecule has 0 unspecified atom stereocenters. The topological polar surface area (TPSA) is 64.6 Å². The highest BCUT2D eigenvalue weighted by Crippen LogP contribution is 2.30. The molecule has 0 saturated carbocycles. The normalized spacial score (nSPS) is 15.6. The Labute approximate surface area is 161 Å². The van der Waals surface area contributed by atoms with Crippen LogP contribution in [0.5, 0.6) is 5.75 Å². The highest BCUT2D eigenvalue weighted by Gasteiger charge is 2.28. The summed E-state index contributed by atoms with van der Waals surface area (Å²) < 4.78 is 10.7. The number of hydrogen-bond donors (Lipinski definition) is 1. The molecule has 1 amide bonds. The van der Waals surface area contributed by atoms with E-state index < -0.39 is 17.8 Å². The van der Waals surface area contributed by atoms with E-state index >= 15 is 0 Å². The number of ether oxygens (including phenoxy) is 2. The lowest BCUT2D eigenvalue weighted by Gasteiger charge is -2.24. The maximum Gasteiger partial charge on any atom is 0.313 e. The van der Waals surface area contributed by atoms with Crippen LogP contribution < -0.4 is 10.1 Å². The predicted octanol–water partition coefficient (Wildman–Crippen LogP) is 4.03. The molecule has 3 rings (SSSR count). The molecule has 0 radical (unpaired) electrons. The van der Waals surface area contributed by atoms with Gasteiger partial charge in [-0.1, -0.05) is 29.3 Å². The van der Waals surface area contributed by atoms with Crippen molar-refractivity contribution in [1.82, 2.24) is 0 Å². The molecule has 1 heterocycles. The SMILES string of the molecule is Cc1ccc(Cl)cc1NC(=O)COC(=O)[C@H]1COc2ccc(Cl)cc2C1. The van der Waals surface area contributed by atoms with E-state index in [0.29, 0.717) is 27.9 Å². The van der Waals surface area contributed by atoms with Gasteiger partial charge in [0.2, 0.25) is 0 Å². The number of carbonyl (C=O) groups is 2. The number of carbonyl (C=O) groups excluding carboxylic acids is 2. The van der Waals surface area contributed by atoms with Gasteiger partial charge in [-0.3, -0.25) is 9.59 Å². The molecule has 0 spiro atoms. The summed E-state index contributed by atoms with van der Waals surface area (Å²) in [4.78, 5) is 24.3. The third-order valence-corrected chi connectivity index (χ3v) is 4.55. The first-order valence-corrected chi connectivity index (χ1v) is 8.82. The summed E-state index contributed by atoms with van der Waals surface area (Å²) >= 11 is 11.9. The van der Waals surface area contributed by atoms with Gasteiger partial charge in [0.05, 0.1) is 5.92 Å². The van der Waals surface area contributed by atoms with Crippen molar-refractivity contribution in [3.63, 3.8) is 0 Å². The number of rotatable bonds is 4. The standard InChI is InChI=1S/C19H17Cl2NO4/c1-11-2-3-15(21)8-16(11)22-18(23)10-26-19(24)13-6-12-7-14(20)4-5-17(12)25-9-13/h2-5,7-8,13H,6,9-10H2,1H3,(H,22,23)/t13-/m1/s1. The lowest BCUT2D eigenvalue weighted by atomic mass is 9.97. The molecule has 0 saturated heterocycles. The first kappa shape index (κ1) is 18.5. The second-order valence-electron chi connectivity index (χ2n) is 6.08. The summed E-state index contributed by atoms with van der Waals surface area (Å²) in [5, 5.41) is 3.78. The van der Waals surface area contributed by atoms with Crippen molar-refractivity contribution in [3.05, 3.63) is 57.6 Å². The van der Waals surface area contributed by atoms with E-state index in [1.807, 2.05) is 6.92 Å². The van der Waals surface area contributed by atoms with Crippen LogP contribution >= 0.6 is 23.2 Å². The van der Waals surface area contributed by atoms with E-state index in [-0.39, 0.29) is 13.2 Å². The van der Waals surface area contributed by atoms with Gasteiger partial charge in [-0.25, -0.2) is 0 Å². The first-order valence-electron chi connectivity index (χ1n) is 8.06. The highest BCUT2D eigenvalue weighted by atomic mass is 35.5. The minimum absolute atomic E-state index is 0.211. The zero-order chi connectivity index (χ0) is 18.7. The molecule has 2 aromatic carbocycles. The quantitative estimate of drug-likeness (QED) is 0.796. The van der Waals surface area contributed by atoms with Gasteiger partial charge in [-0.15, -0.1) is 0 Å². The fraction of sp³-hybridized carbons (Fsp3) is 0.263. The van der Waals surface area contributed by atoms with Crippen molar-refractivity contribution in [1.29, 1.82) is 0 Å². The predicted molar refractivity (Wildman–Crippen MR) is 99.9 cm³/mol. The number of aryl methyl sites for hydroxylation is 1. The number of esters is 1. The van der Waals surface area contributed by atoms with E-state index in [4.69, 9.17) is 32.7 Å². The van der Waals surface area contributed by atoms with Crippen LogP contribution in [0.4, 0.5) is 5.69 Å². The zero-order valence-corrected chi connectivity index (χ0v) is 15.6. The Hall–Kier alpha value is -2.24. The Kier molecular flexibility index (Phi) is 5.69. The largest absolute Gasteiger partial charge is 0.492 e. The second kappa shape index (κ2) is 7.98. The van der Waals surface area contributed by atoms with Gasteiger partial charge in [0.25, 0.3) is 5.91 Å². The Morgan fingerprint density at radius 1 is 1.19 bits per heavy atom. The van der Waals surface area contributed by atoms with Crippen LogP contribution in [-0.4, -0.2) is 25.1 Å². The minimum Gasteiger partial charge on any atom is -0.492 e. The summed E-state index contributed by atoms with van der Waals surface area (Å²) in [5.74, 6) is -0.660. The molecule has 136 valence electrons. The van der Waals surface area contributed by atoms with Gasteiger partial charge in [-0.2, -0.15) is 0 Å². The number of nitrogens with one attached hydrogen (secondary N) is 1. The van der Waals surface area contributed by atoms with Crippen LogP contribution in [0.1, 0.15) is 11.1 Å². The van der Waals surface area contributed by atoms with Gasteiger partial charge >= 0.3 is 5.97 Å². The summed E-state index contributed by atoms with van der Waals surface area (Å²) in [6.07, 6.45) is 0.462. The van der Waals surface area contributed by atoms with Crippen molar-refractivity contribution >= 4 is 40.8 Å². The van der Waals surface area contributed by atoms with E-state index in [9.17, 15) is 9.59 Å². The molecule has 5 nitrogen and oxygen atoms in total. The van der Waals surface area contributed by atoms with Gasteiger partial charge in [0.15, 0.2) is 6.61 Å². The number of fused-ring (bicyclic) bond motifs is 1. The molecular formula is C19H17Cl2NO4. The maximum absolute atomic E-state index is 12.2.